The highest BCUT2D eigenvalue weighted by molar-refractivity contribution is 6.42. The van der Waals surface area contributed by atoms with Gasteiger partial charge in [-0.15, -0.1) is 0 Å². The summed E-state index contributed by atoms with van der Waals surface area (Å²) in [5, 5.41) is 13.8. The number of carbonyl (C=O) groups is 2. The summed E-state index contributed by atoms with van der Waals surface area (Å²) in [4.78, 5) is 29.6. The standard InChI is InChI=1S/C28H35Cl2N3O4/c1-17-13-33(18(2)16-34)27(35)12-21-11-22(31-28(36)20-5-6-20)7-9-25(21)37-26(17)15-32(3)14-19-4-8-23(29)24(30)10-19/h4,7-11,17-18,20,26,34H,5-6,12-16H2,1-3H3,(H,31,36)/t17-,18-,26+/m0/s1. The highest BCUT2D eigenvalue weighted by Gasteiger charge is 2.32. The van der Waals surface area contributed by atoms with E-state index in [-0.39, 0.29) is 48.8 Å². The van der Waals surface area contributed by atoms with Crippen LogP contribution >= 0.6 is 23.2 Å². The Hall–Kier alpha value is -2.32. The quantitative estimate of drug-likeness (QED) is 0.503. The zero-order valence-electron chi connectivity index (χ0n) is 21.5. The Morgan fingerprint density at radius 2 is 1.97 bits per heavy atom. The average Bonchev–Trinajstić information content (AvgIpc) is 3.70. The molecule has 2 aromatic rings. The molecule has 0 bridgehead atoms. The van der Waals surface area contributed by atoms with Crippen molar-refractivity contribution < 1.29 is 19.4 Å². The summed E-state index contributed by atoms with van der Waals surface area (Å²) in [6.07, 6.45) is 1.74. The first-order chi connectivity index (χ1) is 17.6. The van der Waals surface area contributed by atoms with Crippen LogP contribution < -0.4 is 10.1 Å². The number of likely N-dealkylation sites (N-methyl/N-ethyl adjacent to an activating group) is 1. The van der Waals surface area contributed by atoms with Crippen molar-refractivity contribution in [1.29, 1.82) is 0 Å². The van der Waals surface area contributed by atoms with Gasteiger partial charge in [0.15, 0.2) is 0 Å². The number of rotatable bonds is 8. The number of carbonyl (C=O) groups excluding carboxylic acids is 2. The fraction of sp³-hybridized carbons (Fsp3) is 0.500. The van der Waals surface area contributed by atoms with Crippen LogP contribution in [0.2, 0.25) is 10.0 Å². The Bertz CT molecular complexity index is 1140. The van der Waals surface area contributed by atoms with Crippen molar-refractivity contribution in [2.75, 3.05) is 32.1 Å². The number of fused-ring (bicyclic) bond motifs is 1. The number of nitrogens with zero attached hydrogens (tertiary/aromatic N) is 2. The lowest BCUT2D eigenvalue weighted by Gasteiger charge is -2.34. The number of hydrogen-bond donors (Lipinski definition) is 2. The van der Waals surface area contributed by atoms with Gasteiger partial charge in [-0.05, 0) is 62.7 Å². The Morgan fingerprint density at radius 3 is 2.65 bits per heavy atom. The number of hydrogen-bond acceptors (Lipinski definition) is 5. The molecular formula is C28H35Cl2N3O4. The average molecular weight is 549 g/mol. The van der Waals surface area contributed by atoms with E-state index in [1.807, 2.05) is 44.3 Å². The monoisotopic (exact) mass is 547 g/mol. The first-order valence-electron chi connectivity index (χ1n) is 12.8. The molecule has 2 aromatic carbocycles. The number of ether oxygens (including phenoxy) is 1. The van der Waals surface area contributed by atoms with E-state index >= 15 is 0 Å². The van der Waals surface area contributed by atoms with Gasteiger partial charge < -0.3 is 20.1 Å². The molecule has 1 saturated carbocycles. The van der Waals surface area contributed by atoms with Crippen LogP contribution in [0.25, 0.3) is 0 Å². The Morgan fingerprint density at radius 1 is 1.22 bits per heavy atom. The number of aliphatic hydroxyl groups is 1. The van der Waals surface area contributed by atoms with Crippen LogP contribution in [0.3, 0.4) is 0 Å². The van der Waals surface area contributed by atoms with Crippen molar-refractivity contribution in [3.8, 4) is 5.75 Å². The lowest BCUT2D eigenvalue weighted by molar-refractivity contribution is -0.134. The second-order valence-corrected chi connectivity index (χ2v) is 11.2. The topological polar surface area (TPSA) is 82.1 Å². The fourth-order valence-electron chi connectivity index (χ4n) is 4.64. The molecule has 200 valence electrons. The summed E-state index contributed by atoms with van der Waals surface area (Å²) in [7, 11) is 2.02. The van der Waals surface area contributed by atoms with Crippen molar-refractivity contribution in [3.63, 3.8) is 0 Å². The van der Waals surface area contributed by atoms with E-state index in [2.05, 4.69) is 17.1 Å². The lowest BCUT2D eigenvalue weighted by atomic mass is 10.0. The van der Waals surface area contributed by atoms with Crippen LogP contribution in [0.4, 0.5) is 5.69 Å². The van der Waals surface area contributed by atoms with Gasteiger partial charge in [-0.3, -0.25) is 14.5 Å². The Labute approximate surface area is 228 Å². The van der Waals surface area contributed by atoms with E-state index in [0.717, 1.165) is 24.0 Å². The lowest BCUT2D eigenvalue weighted by Crippen LogP contribution is -2.47. The molecule has 0 radical (unpaired) electrons. The van der Waals surface area contributed by atoms with Crippen LogP contribution in [0, 0.1) is 11.8 Å². The number of benzene rings is 2. The van der Waals surface area contributed by atoms with Gasteiger partial charge in [0.1, 0.15) is 11.9 Å². The number of nitrogens with one attached hydrogen (secondary N) is 1. The van der Waals surface area contributed by atoms with Crippen molar-refractivity contribution >= 4 is 40.7 Å². The van der Waals surface area contributed by atoms with Gasteiger partial charge in [-0.2, -0.15) is 0 Å². The highest BCUT2D eigenvalue weighted by atomic mass is 35.5. The van der Waals surface area contributed by atoms with Crippen molar-refractivity contribution in [3.05, 3.63) is 57.6 Å². The van der Waals surface area contributed by atoms with E-state index in [9.17, 15) is 14.7 Å². The minimum Gasteiger partial charge on any atom is -0.488 e. The minimum atomic E-state index is -0.316. The van der Waals surface area contributed by atoms with Crippen LogP contribution in [0.15, 0.2) is 36.4 Å². The van der Waals surface area contributed by atoms with Crippen LogP contribution in [0.5, 0.6) is 5.75 Å². The third-order valence-corrected chi connectivity index (χ3v) is 7.80. The summed E-state index contributed by atoms with van der Waals surface area (Å²) in [5.74, 6) is 0.653. The predicted molar refractivity (Wildman–Crippen MR) is 146 cm³/mol. The smallest absolute Gasteiger partial charge is 0.227 e. The maximum absolute atomic E-state index is 13.3. The number of aliphatic hydroxyl groups excluding tert-OH is 1. The number of halogens is 2. The number of anilines is 1. The largest absolute Gasteiger partial charge is 0.488 e. The molecule has 1 heterocycles. The number of amides is 2. The van der Waals surface area contributed by atoms with Gasteiger partial charge in [0.2, 0.25) is 11.8 Å². The van der Waals surface area contributed by atoms with E-state index in [1.54, 1.807) is 11.0 Å². The molecule has 0 spiro atoms. The Balaban J connectivity index is 1.58. The molecule has 2 amide bonds. The zero-order chi connectivity index (χ0) is 26.7. The normalized spacial score (nSPS) is 20.9. The molecule has 9 heteroatoms. The van der Waals surface area contributed by atoms with Gasteiger partial charge in [0, 0.05) is 42.7 Å². The molecule has 1 aliphatic heterocycles. The van der Waals surface area contributed by atoms with E-state index < -0.39 is 0 Å². The SMILES string of the molecule is C[C@H]1CN([C@@H](C)CO)C(=O)Cc2cc(NC(=O)C3CC3)ccc2O[C@@H]1CN(C)Cc1ccc(Cl)c(Cl)c1. The molecule has 37 heavy (non-hydrogen) atoms. The maximum atomic E-state index is 13.3. The first-order valence-corrected chi connectivity index (χ1v) is 13.5. The molecule has 2 aliphatic rings. The summed E-state index contributed by atoms with van der Waals surface area (Å²) in [6, 6.07) is 10.8. The molecular weight excluding hydrogens is 513 g/mol. The molecule has 0 saturated heterocycles. The summed E-state index contributed by atoms with van der Waals surface area (Å²) in [5.41, 5.74) is 2.42. The van der Waals surface area contributed by atoms with Crippen molar-refractivity contribution in [1.82, 2.24) is 9.80 Å². The van der Waals surface area contributed by atoms with Gasteiger partial charge >= 0.3 is 0 Å². The van der Waals surface area contributed by atoms with E-state index in [0.29, 0.717) is 41.1 Å². The Kier molecular flexibility index (Phi) is 9.01. The van der Waals surface area contributed by atoms with Gasteiger partial charge in [-0.25, -0.2) is 0 Å². The van der Waals surface area contributed by atoms with Gasteiger partial charge in [-0.1, -0.05) is 36.2 Å². The summed E-state index contributed by atoms with van der Waals surface area (Å²) >= 11 is 12.3. The molecule has 0 aromatic heterocycles. The highest BCUT2D eigenvalue weighted by Crippen LogP contribution is 2.33. The van der Waals surface area contributed by atoms with Gasteiger partial charge in [0.25, 0.3) is 0 Å². The van der Waals surface area contributed by atoms with Crippen molar-refractivity contribution in [2.24, 2.45) is 11.8 Å². The zero-order valence-corrected chi connectivity index (χ0v) is 23.1. The predicted octanol–water partition coefficient (Wildman–Crippen LogP) is 4.62. The van der Waals surface area contributed by atoms with Gasteiger partial charge in [0.05, 0.1) is 29.1 Å². The van der Waals surface area contributed by atoms with Crippen LogP contribution in [-0.2, 0) is 22.6 Å². The van der Waals surface area contributed by atoms with Crippen LogP contribution in [0.1, 0.15) is 37.8 Å². The molecule has 3 atom stereocenters. The third kappa shape index (κ3) is 7.17. The summed E-state index contributed by atoms with van der Waals surface area (Å²) in [6.45, 7) is 5.52. The molecule has 2 N–H and O–H groups in total. The van der Waals surface area contributed by atoms with Crippen molar-refractivity contribution in [2.45, 2.75) is 51.8 Å². The molecule has 7 nitrogen and oxygen atoms in total. The van der Waals surface area contributed by atoms with Crippen LogP contribution in [-0.4, -0.2) is 65.6 Å². The third-order valence-electron chi connectivity index (χ3n) is 7.06. The van der Waals surface area contributed by atoms with E-state index in [4.69, 9.17) is 27.9 Å². The maximum Gasteiger partial charge on any atom is 0.227 e. The molecule has 1 fully saturated rings. The molecule has 0 unspecified atom stereocenters. The second-order valence-electron chi connectivity index (χ2n) is 10.4. The molecule has 4 rings (SSSR count). The fourth-order valence-corrected chi connectivity index (χ4v) is 4.96. The second kappa shape index (κ2) is 12.0. The minimum absolute atomic E-state index is 0.00518. The summed E-state index contributed by atoms with van der Waals surface area (Å²) < 4.78 is 6.57. The first kappa shape index (κ1) is 27.7. The molecule has 1 aliphatic carbocycles. The van der Waals surface area contributed by atoms with E-state index in [1.165, 1.54) is 0 Å².